The summed E-state index contributed by atoms with van der Waals surface area (Å²) in [7, 11) is 1.94. The highest BCUT2D eigenvalue weighted by Gasteiger charge is 2.18. The van der Waals surface area contributed by atoms with E-state index in [1.807, 2.05) is 24.0 Å². The van der Waals surface area contributed by atoms with Gasteiger partial charge in [-0.05, 0) is 31.6 Å². The number of hydrogen-bond donors (Lipinski definition) is 2. The summed E-state index contributed by atoms with van der Waals surface area (Å²) in [4.78, 5) is 0. The fourth-order valence-electron chi connectivity index (χ4n) is 2.15. The SMILES string of the molecule is Cn1ccc(NCC2CCC(N)CC2)n1. The molecular weight excluding hydrogens is 188 g/mol. The largest absolute Gasteiger partial charge is 0.368 e. The highest BCUT2D eigenvalue weighted by molar-refractivity contribution is 5.31. The van der Waals surface area contributed by atoms with Gasteiger partial charge in [0, 0.05) is 31.9 Å². The molecular formula is C11H20N4. The second-order valence-corrected chi connectivity index (χ2v) is 4.54. The van der Waals surface area contributed by atoms with E-state index < -0.39 is 0 Å². The normalized spacial score (nSPS) is 26.5. The first kappa shape index (κ1) is 10.5. The van der Waals surface area contributed by atoms with E-state index >= 15 is 0 Å². The summed E-state index contributed by atoms with van der Waals surface area (Å²) >= 11 is 0. The van der Waals surface area contributed by atoms with Crippen LogP contribution < -0.4 is 11.1 Å². The van der Waals surface area contributed by atoms with Crippen molar-refractivity contribution < 1.29 is 0 Å². The molecule has 2 rings (SSSR count). The van der Waals surface area contributed by atoms with Gasteiger partial charge in [-0.3, -0.25) is 4.68 Å². The Labute approximate surface area is 90.8 Å². The van der Waals surface area contributed by atoms with Crippen LogP contribution in [0.5, 0.6) is 0 Å². The van der Waals surface area contributed by atoms with Crippen LogP contribution in [0.25, 0.3) is 0 Å². The van der Waals surface area contributed by atoms with Gasteiger partial charge in [0.2, 0.25) is 0 Å². The molecule has 0 aromatic carbocycles. The zero-order valence-corrected chi connectivity index (χ0v) is 9.32. The molecule has 0 saturated heterocycles. The molecule has 84 valence electrons. The van der Waals surface area contributed by atoms with Crippen molar-refractivity contribution >= 4 is 5.82 Å². The number of hydrogen-bond acceptors (Lipinski definition) is 3. The standard InChI is InChI=1S/C11H20N4/c1-15-7-6-11(14-15)13-8-9-2-4-10(12)5-3-9/h6-7,9-10H,2-5,8,12H2,1H3,(H,13,14). The van der Waals surface area contributed by atoms with Crippen LogP contribution in [0.2, 0.25) is 0 Å². The Hall–Kier alpha value is -1.03. The van der Waals surface area contributed by atoms with Crippen molar-refractivity contribution in [2.45, 2.75) is 31.7 Å². The van der Waals surface area contributed by atoms with Crippen LogP contribution >= 0.6 is 0 Å². The number of aryl methyl sites for hydroxylation is 1. The van der Waals surface area contributed by atoms with Crippen LogP contribution in [0.1, 0.15) is 25.7 Å². The lowest BCUT2D eigenvalue weighted by molar-refractivity contribution is 0.338. The monoisotopic (exact) mass is 208 g/mol. The fourth-order valence-corrected chi connectivity index (χ4v) is 2.15. The summed E-state index contributed by atoms with van der Waals surface area (Å²) in [6.45, 7) is 1.03. The van der Waals surface area contributed by atoms with Gasteiger partial charge in [-0.2, -0.15) is 5.10 Å². The maximum Gasteiger partial charge on any atom is 0.147 e. The molecule has 1 fully saturated rings. The lowest BCUT2D eigenvalue weighted by Gasteiger charge is -2.26. The maximum atomic E-state index is 5.87. The smallest absolute Gasteiger partial charge is 0.147 e. The van der Waals surface area contributed by atoms with Crippen molar-refractivity contribution in [3.8, 4) is 0 Å². The minimum absolute atomic E-state index is 0.441. The molecule has 1 aromatic heterocycles. The van der Waals surface area contributed by atoms with Crippen molar-refractivity contribution in [1.29, 1.82) is 0 Å². The number of nitrogens with zero attached hydrogens (tertiary/aromatic N) is 2. The summed E-state index contributed by atoms with van der Waals surface area (Å²) in [5.41, 5.74) is 5.87. The number of rotatable bonds is 3. The molecule has 0 bridgehead atoms. The molecule has 0 amide bonds. The van der Waals surface area contributed by atoms with E-state index in [1.54, 1.807) is 0 Å². The molecule has 1 aromatic rings. The molecule has 0 unspecified atom stereocenters. The van der Waals surface area contributed by atoms with Gasteiger partial charge in [-0.1, -0.05) is 0 Å². The van der Waals surface area contributed by atoms with Crippen molar-refractivity contribution in [3.05, 3.63) is 12.3 Å². The summed E-state index contributed by atoms with van der Waals surface area (Å²) in [6.07, 6.45) is 6.81. The molecule has 4 heteroatoms. The van der Waals surface area contributed by atoms with E-state index in [9.17, 15) is 0 Å². The van der Waals surface area contributed by atoms with Crippen molar-refractivity contribution in [1.82, 2.24) is 9.78 Å². The maximum absolute atomic E-state index is 5.87. The van der Waals surface area contributed by atoms with E-state index in [1.165, 1.54) is 25.7 Å². The first-order chi connectivity index (χ1) is 7.24. The van der Waals surface area contributed by atoms with Gasteiger partial charge in [-0.15, -0.1) is 0 Å². The van der Waals surface area contributed by atoms with Gasteiger partial charge in [0.25, 0.3) is 0 Å². The highest BCUT2D eigenvalue weighted by Crippen LogP contribution is 2.23. The molecule has 15 heavy (non-hydrogen) atoms. The average molecular weight is 208 g/mol. The molecule has 0 aliphatic heterocycles. The number of anilines is 1. The van der Waals surface area contributed by atoms with Gasteiger partial charge < -0.3 is 11.1 Å². The highest BCUT2D eigenvalue weighted by atomic mass is 15.3. The number of nitrogens with one attached hydrogen (secondary N) is 1. The number of aromatic nitrogens is 2. The summed E-state index contributed by atoms with van der Waals surface area (Å²) < 4.78 is 1.82. The summed E-state index contributed by atoms with van der Waals surface area (Å²) in [6, 6.07) is 2.45. The molecule has 4 nitrogen and oxygen atoms in total. The van der Waals surface area contributed by atoms with E-state index in [0.29, 0.717) is 6.04 Å². The van der Waals surface area contributed by atoms with Gasteiger partial charge in [0.05, 0.1) is 0 Å². The first-order valence-corrected chi connectivity index (χ1v) is 5.73. The molecule has 0 spiro atoms. The van der Waals surface area contributed by atoms with Crippen LogP contribution in [0.4, 0.5) is 5.82 Å². The lowest BCUT2D eigenvalue weighted by atomic mass is 9.86. The van der Waals surface area contributed by atoms with Crippen molar-refractivity contribution in [3.63, 3.8) is 0 Å². The van der Waals surface area contributed by atoms with Crippen LogP contribution in [0.3, 0.4) is 0 Å². The van der Waals surface area contributed by atoms with Crippen LogP contribution in [0.15, 0.2) is 12.3 Å². The van der Waals surface area contributed by atoms with Crippen LogP contribution in [0, 0.1) is 5.92 Å². The topological polar surface area (TPSA) is 55.9 Å². The zero-order chi connectivity index (χ0) is 10.7. The Morgan fingerprint density at radius 2 is 2.20 bits per heavy atom. The quantitative estimate of drug-likeness (QED) is 0.788. The van der Waals surface area contributed by atoms with Gasteiger partial charge in [0.15, 0.2) is 0 Å². The van der Waals surface area contributed by atoms with Gasteiger partial charge in [0.1, 0.15) is 5.82 Å². The molecule has 1 aliphatic rings. The van der Waals surface area contributed by atoms with Crippen molar-refractivity contribution in [2.24, 2.45) is 18.7 Å². The molecule has 3 N–H and O–H groups in total. The Balaban J connectivity index is 1.74. The third-order valence-corrected chi connectivity index (χ3v) is 3.18. The Morgan fingerprint density at radius 3 is 2.80 bits per heavy atom. The zero-order valence-electron chi connectivity index (χ0n) is 9.32. The predicted molar refractivity (Wildman–Crippen MR) is 61.6 cm³/mol. The molecule has 1 heterocycles. The van der Waals surface area contributed by atoms with E-state index in [4.69, 9.17) is 5.73 Å². The van der Waals surface area contributed by atoms with Crippen LogP contribution in [-0.2, 0) is 7.05 Å². The molecule has 0 atom stereocenters. The summed E-state index contributed by atoms with van der Waals surface area (Å²) in [5.74, 6) is 1.75. The minimum Gasteiger partial charge on any atom is -0.368 e. The van der Waals surface area contributed by atoms with Gasteiger partial charge in [-0.25, -0.2) is 0 Å². The predicted octanol–water partition coefficient (Wildman–Crippen LogP) is 1.35. The van der Waals surface area contributed by atoms with Crippen LogP contribution in [-0.4, -0.2) is 22.4 Å². The summed E-state index contributed by atoms with van der Waals surface area (Å²) in [5, 5.41) is 7.67. The van der Waals surface area contributed by atoms with E-state index in [-0.39, 0.29) is 0 Å². The Kier molecular flexibility index (Phi) is 3.26. The first-order valence-electron chi connectivity index (χ1n) is 5.73. The van der Waals surface area contributed by atoms with E-state index in [0.717, 1.165) is 18.3 Å². The fraction of sp³-hybridized carbons (Fsp3) is 0.727. The van der Waals surface area contributed by atoms with Crippen molar-refractivity contribution in [2.75, 3.05) is 11.9 Å². The van der Waals surface area contributed by atoms with E-state index in [2.05, 4.69) is 10.4 Å². The second kappa shape index (κ2) is 4.66. The minimum atomic E-state index is 0.441. The van der Waals surface area contributed by atoms with Gasteiger partial charge >= 0.3 is 0 Å². The lowest BCUT2D eigenvalue weighted by Crippen LogP contribution is -2.29. The molecule has 0 radical (unpaired) electrons. The Bertz CT molecular complexity index is 299. The third-order valence-electron chi connectivity index (χ3n) is 3.18. The third kappa shape index (κ3) is 2.96. The average Bonchev–Trinajstić information content (AvgIpc) is 2.64. The molecule has 1 aliphatic carbocycles. The number of nitrogens with two attached hydrogens (primary N) is 1. The Morgan fingerprint density at radius 1 is 1.47 bits per heavy atom. The molecule has 1 saturated carbocycles. The second-order valence-electron chi connectivity index (χ2n) is 4.54.